The number of aromatic nitrogens is 4. The van der Waals surface area contributed by atoms with Crippen LogP contribution in [0.5, 0.6) is 0 Å². The van der Waals surface area contributed by atoms with Gasteiger partial charge in [0.25, 0.3) is 0 Å². The number of piperidine rings is 1. The van der Waals surface area contributed by atoms with E-state index in [1.165, 1.54) is 6.33 Å². The number of likely N-dealkylation sites (tertiary alicyclic amines) is 1. The highest BCUT2D eigenvalue weighted by molar-refractivity contribution is 5.76. The maximum atomic E-state index is 12.5. The molecule has 0 N–H and O–H groups in total. The van der Waals surface area contributed by atoms with Gasteiger partial charge >= 0.3 is 0 Å². The Bertz CT molecular complexity index is 615. The minimum atomic E-state index is 0.185. The molecule has 1 fully saturated rings. The van der Waals surface area contributed by atoms with Crippen LogP contribution in [0.1, 0.15) is 42.3 Å². The van der Waals surface area contributed by atoms with Crippen molar-refractivity contribution < 1.29 is 9.32 Å². The molecule has 118 valence electrons. The predicted octanol–water partition coefficient (Wildman–Crippen LogP) is 1.68. The van der Waals surface area contributed by atoms with Crippen molar-refractivity contribution in [2.45, 2.75) is 45.6 Å². The molecule has 7 nitrogen and oxygen atoms in total. The molecule has 1 amide bonds. The molecule has 1 saturated heterocycles. The number of carbonyl (C=O) groups is 1. The van der Waals surface area contributed by atoms with Gasteiger partial charge in [-0.1, -0.05) is 5.16 Å². The second kappa shape index (κ2) is 6.29. The number of amides is 1. The van der Waals surface area contributed by atoms with Crippen LogP contribution in [0.2, 0.25) is 0 Å². The summed E-state index contributed by atoms with van der Waals surface area (Å²) >= 11 is 0. The van der Waals surface area contributed by atoms with E-state index in [9.17, 15) is 4.79 Å². The Balaban J connectivity index is 1.58. The van der Waals surface area contributed by atoms with Gasteiger partial charge in [-0.15, -0.1) is 0 Å². The lowest BCUT2D eigenvalue weighted by molar-refractivity contribution is -0.132. The zero-order valence-electron chi connectivity index (χ0n) is 13.0. The fourth-order valence-electron chi connectivity index (χ4n) is 3.05. The van der Waals surface area contributed by atoms with Crippen LogP contribution in [0.15, 0.2) is 17.2 Å². The molecular formula is C15H21N5O2. The first-order valence-corrected chi connectivity index (χ1v) is 7.69. The molecule has 0 unspecified atom stereocenters. The van der Waals surface area contributed by atoms with Gasteiger partial charge in [0, 0.05) is 25.1 Å². The van der Waals surface area contributed by atoms with Crippen LogP contribution in [-0.4, -0.2) is 43.8 Å². The first-order valence-electron chi connectivity index (χ1n) is 7.69. The Morgan fingerprint density at radius 3 is 3.00 bits per heavy atom. The second-order valence-corrected chi connectivity index (χ2v) is 5.81. The molecule has 2 aromatic heterocycles. The van der Waals surface area contributed by atoms with Gasteiger partial charge in [-0.3, -0.25) is 4.79 Å². The van der Waals surface area contributed by atoms with E-state index >= 15 is 0 Å². The topological polar surface area (TPSA) is 77.0 Å². The van der Waals surface area contributed by atoms with E-state index in [2.05, 4.69) is 15.2 Å². The number of hydrogen-bond acceptors (Lipinski definition) is 5. The van der Waals surface area contributed by atoms with E-state index in [0.29, 0.717) is 19.4 Å². The lowest BCUT2D eigenvalue weighted by Gasteiger charge is -2.32. The molecule has 0 aliphatic carbocycles. The van der Waals surface area contributed by atoms with Gasteiger partial charge in [-0.25, -0.2) is 9.67 Å². The molecule has 0 bridgehead atoms. The van der Waals surface area contributed by atoms with Crippen molar-refractivity contribution in [3.8, 4) is 0 Å². The molecule has 2 aromatic rings. The maximum Gasteiger partial charge on any atom is 0.222 e. The predicted molar refractivity (Wildman–Crippen MR) is 79.2 cm³/mol. The Labute approximate surface area is 129 Å². The number of carbonyl (C=O) groups excluding carboxylic acids is 1. The number of aryl methyl sites for hydroxylation is 2. The Morgan fingerprint density at radius 1 is 1.45 bits per heavy atom. The lowest BCUT2D eigenvalue weighted by atomic mass is 10.0. The van der Waals surface area contributed by atoms with Crippen LogP contribution in [0.4, 0.5) is 0 Å². The summed E-state index contributed by atoms with van der Waals surface area (Å²) in [5.41, 5.74) is 1.93. The van der Waals surface area contributed by atoms with Crippen LogP contribution < -0.4 is 0 Å². The van der Waals surface area contributed by atoms with Gasteiger partial charge in [0.15, 0.2) is 0 Å². The van der Waals surface area contributed by atoms with Gasteiger partial charge in [-0.05, 0) is 33.1 Å². The molecule has 7 heteroatoms. The summed E-state index contributed by atoms with van der Waals surface area (Å²) in [5.74, 6) is 0.995. The molecule has 3 heterocycles. The highest BCUT2D eigenvalue weighted by Gasteiger charge is 2.25. The number of rotatable bonds is 4. The van der Waals surface area contributed by atoms with Crippen molar-refractivity contribution in [2.24, 2.45) is 0 Å². The van der Waals surface area contributed by atoms with Crippen molar-refractivity contribution in [3.05, 3.63) is 29.7 Å². The first-order chi connectivity index (χ1) is 10.6. The molecule has 0 aromatic carbocycles. The zero-order chi connectivity index (χ0) is 15.5. The molecule has 1 atom stereocenters. The first kappa shape index (κ1) is 14.7. The second-order valence-electron chi connectivity index (χ2n) is 5.81. The smallest absolute Gasteiger partial charge is 0.222 e. The fraction of sp³-hybridized carbons (Fsp3) is 0.600. The Kier molecular flexibility index (Phi) is 4.22. The van der Waals surface area contributed by atoms with E-state index < -0.39 is 0 Å². The molecule has 0 spiro atoms. The molecule has 0 saturated carbocycles. The normalized spacial score (nSPS) is 18.6. The fourth-order valence-corrected chi connectivity index (χ4v) is 3.05. The Hall–Kier alpha value is -2.18. The highest BCUT2D eigenvalue weighted by atomic mass is 16.5. The van der Waals surface area contributed by atoms with E-state index in [0.717, 1.165) is 36.4 Å². The third-order valence-electron chi connectivity index (χ3n) is 4.33. The number of hydrogen-bond donors (Lipinski definition) is 0. The van der Waals surface area contributed by atoms with Crippen LogP contribution in [0.25, 0.3) is 0 Å². The number of nitrogens with zero attached hydrogens (tertiary/aromatic N) is 5. The molecule has 0 radical (unpaired) electrons. The van der Waals surface area contributed by atoms with E-state index in [1.54, 1.807) is 6.33 Å². The summed E-state index contributed by atoms with van der Waals surface area (Å²) < 4.78 is 7.00. The summed E-state index contributed by atoms with van der Waals surface area (Å²) in [7, 11) is 0. The third kappa shape index (κ3) is 3.03. The van der Waals surface area contributed by atoms with E-state index in [1.807, 2.05) is 23.4 Å². The van der Waals surface area contributed by atoms with Crippen molar-refractivity contribution in [1.82, 2.24) is 24.8 Å². The van der Waals surface area contributed by atoms with E-state index in [-0.39, 0.29) is 11.9 Å². The minimum Gasteiger partial charge on any atom is -0.361 e. The Morgan fingerprint density at radius 2 is 2.32 bits per heavy atom. The van der Waals surface area contributed by atoms with Crippen LogP contribution in [-0.2, 0) is 11.2 Å². The molecular weight excluding hydrogens is 282 g/mol. The van der Waals surface area contributed by atoms with Crippen molar-refractivity contribution >= 4 is 5.91 Å². The lowest BCUT2D eigenvalue weighted by Crippen LogP contribution is -2.41. The summed E-state index contributed by atoms with van der Waals surface area (Å²) in [6.07, 6.45) is 6.48. The van der Waals surface area contributed by atoms with E-state index in [4.69, 9.17) is 4.52 Å². The summed E-state index contributed by atoms with van der Waals surface area (Å²) in [4.78, 5) is 18.4. The van der Waals surface area contributed by atoms with Crippen LogP contribution >= 0.6 is 0 Å². The zero-order valence-corrected chi connectivity index (χ0v) is 13.0. The van der Waals surface area contributed by atoms with Crippen molar-refractivity contribution in [3.63, 3.8) is 0 Å². The molecule has 3 rings (SSSR count). The SMILES string of the molecule is Cc1noc(C)c1CCC(=O)N1CCC[C@H](n2cncn2)C1. The molecule has 1 aliphatic rings. The van der Waals surface area contributed by atoms with Crippen molar-refractivity contribution in [1.29, 1.82) is 0 Å². The van der Waals surface area contributed by atoms with Gasteiger partial charge in [0.2, 0.25) is 5.91 Å². The van der Waals surface area contributed by atoms with Gasteiger partial charge < -0.3 is 9.42 Å². The van der Waals surface area contributed by atoms with Crippen LogP contribution in [0, 0.1) is 13.8 Å². The van der Waals surface area contributed by atoms with Gasteiger partial charge in [0.05, 0.1) is 11.7 Å². The average Bonchev–Trinajstić information content (AvgIpc) is 3.16. The summed E-state index contributed by atoms with van der Waals surface area (Å²) in [6.45, 7) is 5.34. The van der Waals surface area contributed by atoms with Gasteiger partial charge in [0.1, 0.15) is 18.4 Å². The van der Waals surface area contributed by atoms with Crippen molar-refractivity contribution in [2.75, 3.05) is 13.1 Å². The maximum absolute atomic E-state index is 12.5. The molecule has 22 heavy (non-hydrogen) atoms. The molecule has 1 aliphatic heterocycles. The summed E-state index contributed by atoms with van der Waals surface area (Å²) in [5, 5.41) is 8.12. The minimum absolute atomic E-state index is 0.185. The quantitative estimate of drug-likeness (QED) is 0.859. The standard InChI is InChI=1S/C15H21N5O2/c1-11-14(12(2)22-18-11)5-6-15(21)19-7-3-4-13(8-19)20-10-16-9-17-20/h9-10,13H,3-8H2,1-2H3/t13-/m0/s1. The highest BCUT2D eigenvalue weighted by Crippen LogP contribution is 2.22. The monoisotopic (exact) mass is 303 g/mol. The summed E-state index contributed by atoms with van der Waals surface area (Å²) in [6, 6.07) is 0.235. The average molecular weight is 303 g/mol. The largest absolute Gasteiger partial charge is 0.361 e. The third-order valence-corrected chi connectivity index (χ3v) is 4.33. The van der Waals surface area contributed by atoms with Crippen LogP contribution in [0.3, 0.4) is 0 Å². The van der Waals surface area contributed by atoms with Gasteiger partial charge in [-0.2, -0.15) is 5.10 Å².